The van der Waals surface area contributed by atoms with E-state index in [1.165, 1.54) is 13.2 Å². The van der Waals surface area contributed by atoms with E-state index in [1.54, 1.807) is 30.3 Å². The Morgan fingerprint density at radius 1 is 1.26 bits per heavy atom. The molecule has 5 nitrogen and oxygen atoms in total. The molecule has 0 aliphatic rings. The van der Waals surface area contributed by atoms with Crippen LogP contribution in [0.4, 0.5) is 5.69 Å². The van der Waals surface area contributed by atoms with E-state index in [1.807, 2.05) is 0 Å². The zero-order chi connectivity index (χ0) is 16.8. The highest BCUT2D eigenvalue weighted by atomic mass is 35.5. The summed E-state index contributed by atoms with van der Waals surface area (Å²) in [5.74, 6) is 0.379. The lowest BCUT2D eigenvalue weighted by molar-refractivity contribution is -0.118. The van der Waals surface area contributed by atoms with Crippen molar-refractivity contribution in [2.75, 3.05) is 19.0 Å². The van der Waals surface area contributed by atoms with Gasteiger partial charge in [-0.15, -0.1) is 0 Å². The number of benzene rings is 2. The van der Waals surface area contributed by atoms with Crippen LogP contribution in [0.15, 0.2) is 36.4 Å². The highest BCUT2D eigenvalue weighted by Gasteiger charge is 2.11. The van der Waals surface area contributed by atoms with Crippen molar-refractivity contribution in [2.24, 2.45) is 0 Å². The van der Waals surface area contributed by atoms with Crippen molar-refractivity contribution in [3.63, 3.8) is 0 Å². The number of hydrogen-bond acceptors (Lipinski definition) is 4. The molecule has 0 bridgehead atoms. The van der Waals surface area contributed by atoms with Crippen molar-refractivity contribution in [3.8, 4) is 11.5 Å². The Bertz CT molecular complexity index is 734. The number of hydrogen-bond donors (Lipinski definition) is 1. The van der Waals surface area contributed by atoms with E-state index in [9.17, 15) is 9.59 Å². The third-order valence-electron chi connectivity index (χ3n) is 2.93. The number of aldehydes is 1. The van der Waals surface area contributed by atoms with Gasteiger partial charge in [-0.3, -0.25) is 9.59 Å². The minimum absolute atomic E-state index is 0.251. The SMILES string of the molecule is COc1ccc(OCC(=O)Nc2cccc(Cl)c2Cl)c(C=O)c1. The summed E-state index contributed by atoms with van der Waals surface area (Å²) in [5.41, 5.74) is 0.677. The van der Waals surface area contributed by atoms with E-state index in [4.69, 9.17) is 32.7 Å². The minimum atomic E-state index is -0.429. The van der Waals surface area contributed by atoms with Gasteiger partial charge in [0.05, 0.1) is 28.4 Å². The number of anilines is 1. The second-order valence-corrected chi connectivity index (χ2v) is 5.25. The number of ether oxygens (including phenoxy) is 2. The van der Waals surface area contributed by atoms with Gasteiger partial charge in [-0.05, 0) is 30.3 Å². The third-order valence-corrected chi connectivity index (χ3v) is 3.75. The average molecular weight is 354 g/mol. The predicted molar refractivity (Wildman–Crippen MR) is 89.0 cm³/mol. The summed E-state index contributed by atoms with van der Waals surface area (Å²) in [6.07, 6.45) is 0.629. The molecule has 0 spiro atoms. The Balaban J connectivity index is 2.02. The standard InChI is InChI=1S/C16H13Cl2NO4/c1-22-11-5-6-14(10(7-11)8-20)23-9-15(21)19-13-4-2-3-12(17)16(13)18/h2-8H,9H2,1H3,(H,19,21). The minimum Gasteiger partial charge on any atom is -0.497 e. The van der Waals surface area contributed by atoms with E-state index in [-0.39, 0.29) is 22.9 Å². The van der Waals surface area contributed by atoms with Crippen molar-refractivity contribution in [1.82, 2.24) is 0 Å². The average Bonchev–Trinajstić information content (AvgIpc) is 2.57. The molecule has 23 heavy (non-hydrogen) atoms. The molecule has 0 aliphatic heterocycles. The Morgan fingerprint density at radius 2 is 2.04 bits per heavy atom. The van der Waals surface area contributed by atoms with Gasteiger partial charge < -0.3 is 14.8 Å². The normalized spacial score (nSPS) is 10.0. The largest absolute Gasteiger partial charge is 0.497 e. The van der Waals surface area contributed by atoms with Gasteiger partial charge in [0, 0.05) is 0 Å². The van der Waals surface area contributed by atoms with Crippen LogP contribution in [-0.4, -0.2) is 25.9 Å². The molecule has 0 fully saturated rings. The number of carbonyl (C=O) groups is 2. The Labute approximate surface area is 143 Å². The first-order valence-electron chi connectivity index (χ1n) is 6.55. The predicted octanol–water partition coefficient (Wildman–Crippen LogP) is 3.83. The fraction of sp³-hybridized carbons (Fsp3) is 0.125. The molecule has 2 rings (SSSR count). The van der Waals surface area contributed by atoms with Crippen LogP contribution in [-0.2, 0) is 4.79 Å². The van der Waals surface area contributed by atoms with E-state index in [0.717, 1.165) is 0 Å². The molecular formula is C16H13Cl2NO4. The summed E-state index contributed by atoms with van der Waals surface area (Å²) in [6.45, 7) is -0.282. The van der Waals surface area contributed by atoms with E-state index in [0.29, 0.717) is 22.7 Å². The highest BCUT2D eigenvalue weighted by Crippen LogP contribution is 2.29. The first kappa shape index (κ1) is 17.1. The van der Waals surface area contributed by atoms with Crippen molar-refractivity contribution in [3.05, 3.63) is 52.0 Å². The van der Waals surface area contributed by atoms with E-state index >= 15 is 0 Å². The van der Waals surface area contributed by atoms with E-state index < -0.39 is 5.91 Å². The Morgan fingerprint density at radius 3 is 2.74 bits per heavy atom. The molecule has 1 amide bonds. The van der Waals surface area contributed by atoms with Gasteiger partial charge in [-0.1, -0.05) is 29.3 Å². The summed E-state index contributed by atoms with van der Waals surface area (Å²) >= 11 is 11.9. The summed E-state index contributed by atoms with van der Waals surface area (Å²) < 4.78 is 10.4. The van der Waals surface area contributed by atoms with Gasteiger partial charge in [0.25, 0.3) is 5.91 Å². The van der Waals surface area contributed by atoms with Crippen molar-refractivity contribution >= 4 is 41.1 Å². The van der Waals surface area contributed by atoms with Gasteiger partial charge in [0.1, 0.15) is 11.5 Å². The molecule has 7 heteroatoms. The highest BCUT2D eigenvalue weighted by molar-refractivity contribution is 6.43. The monoisotopic (exact) mass is 353 g/mol. The summed E-state index contributed by atoms with van der Waals surface area (Å²) in [4.78, 5) is 23.0. The van der Waals surface area contributed by atoms with Crippen LogP contribution in [0, 0.1) is 0 Å². The van der Waals surface area contributed by atoms with Crippen LogP contribution < -0.4 is 14.8 Å². The van der Waals surface area contributed by atoms with Gasteiger partial charge in [0.2, 0.25) is 0 Å². The summed E-state index contributed by atoms with van der Waals surface area (Å²) in [6, 6.07) is 9.61. The number of nitrogens with one attached hydrogen (secondary N) is 1. The quantitative estimate of drug-likeness (QED) is 0.801. The molecule has 1 N–H and O–H groups in total. The van der Waals surface area contributed by atoms with Crippen molar-refractivity contribution < 1.29 is 19.1 Å². The van der Waals surface area contributed by atoms with Crippen LogP contribution in [0.25, 0.3) is 0 Å². The second kappa shape index (κ2) is 7.85. The van der Waals surface area contributed by atoms with E-state index in [2.05, 4.69) is 5.32 Å². The van der Waals surface area contributed by atoms with Crippen molar-refractivity contribution in [2.45, 2.75) is 0 Å². The zero-order valence-electron chi connectivity index (χ0n) is 12.1. The molecule has 0 radical (unpaired) electrons. The Kier molecular flexibility index (Phi) is 5.84. The fourth-order valence-electron chi connectivity index (χ4n) is 1.81. The molecule has 2 aromatic rings. The van der Waals surface area contributed by atoms with Gasteiger partial charge in [0.15, 0.2) is 12.9 Å². The van der Waals surface area contributed by atoms with Crippen LogP contribution in [0.1, 0.15) is 10.4 Å². The first-order chi connectivity index (χ1) is 11.0. The number of rotatable bonds is 6. The summed E-state index contributed by atoms with van der Waals surface area (Å²) in [7, 11) is 1.49. The van der Waals surface area contributed by atoms with Gasteiger partial charge >= 0.3 is 0 Å². The fourth-order valence-corrected chi connectivity index (χ4v) is 2.15. The molecule has 120 valence electrons. The summed E-state index contributed by atoms with van der Waals surface area (Å²) in [5, 5.41) is 3.18. The molecular weight excluding hydrogens is 341 g/mol. The number of amides is 1. The van der Waals surface area contributed by atoms with Gasteiger partial charge in [-0.2, -0.15) is 0 Å². The number of halogens is 2. The maximum atomic E-state index is 11.9. The lowest BCUT2D eigenvalue weighted by Crippen LogP contribution is -2.20. The van der Waals surface area contributed by atoms with Crippen LogP contribution in [0.2, 0.25) is 10.0 Å². The lowest BCUT2D eigenvalue weighted by Gasteiger charge is -2.11. The third kappa shape index (κ3) is 4.37. The smallest absolute Gasteiger partial charge is 0.262 e. The van der Waals surface area contributed by atoms with Gasteiger partial charge in [-0.25, -0.2) is 0 Å². The maximum absolute atomic E-state index is 11.9. The maximum Gasteiger partial charge on any atom is 0.262 e. The molecule has 0 saturated heterocycles. The number of carbonyl (C=O) groups excluding carboxylic acids is 2. The molecule has 0 aliphatic carbocycles. The van der Waals surface area contributed by atoms with Crippen LogP contribution >= 0.6 is 23.2 Å². The Hall–Kier alpha value is -2.24. The topological polar surface area (TPSA) is 64.6 Å². The zero-order valence-corrected chi connectivity index (χ0v) is 13.6. The lowest BCUT2D eigenvalue weighted by atomic mass is 10.2. The molecule has 2 aromatic carbocycles. The first-order valence-corrected chi connectivity index (χ1v) is 7.30. The van der Waals surface area contributed by atoms with Crippen LogP contribution in [0.5, 0.6) is 11.5 Å². The molecule has 0 heterocycles. The van der Waals surface area contributed by atoms with Crippen LogP contribution in [0.3, 0.4) is 0 Å². The molecule has 0 unspecified atom stereocenters. The second-order valence-electron chi connectivity index (χ2n) is 4.46. The molecule has 0 saturated carbocycles. The molecule has 0 atom stereocenters. The van der Waals surface area contributed by atoms with Crippen molar-refractivity contribution in [1.29, 1.82) is 0 Å². The number of methoxy groups -OCH3 is 1. The molecule has 0 aromatic heterocycles.